The molecule has 7 atom stereocenters. The molecule has 3 N–H and O–H groups in total. The molecule has 6 heteroatoms. The highest BCUT2D eigenvalue weighted by Crippen LogP contribution is 2.44. The maximum absolute atomic E-state index is 12.5. The standard InChI is InChI=1S/C20H32O6/c1-12-13-5-9-19(3,26-17(12)23)14(21)6-8-18(2,24)16-7-10-20(4,25-16)15(22)11-13/h13-16,21-22,24H,1,5-11H2,2-4H3/t13-,14+,15+,16+,18+,19-,20+/m1/s1. The van der Waals surface area contributed by atoms with Gasteiger partial charge in [-0.15, -0.1) is 0 Å². The van der Waals surface area contributed by atoms with E-state index in [1.165, 1.54) is 0 Å². The summed E-state index contributed by atoms with van der Waals surface area (Å²) in [6.45, 7) is 9.21. The largest absolute Gasteiger partial charge is 0.453 e. The molecule has 26 heavy (non-hydrogen) atoms. The molecule has 0 spiro atoms. The monoisotopic (exact) mass is 368 g/mol. The van der Waals surface area contributed by atoms with Gasteiger partial charge in [-0.2, -0.15) is 0 Å². The Bertz CT molecular complexity index is 587. The second-order valence-corrected chi connectivity index (χ2v) is 9.08. The Morgan fingerprint density at radius 3 is 2.35 bits per heavy atom. The molecule has 3 saturated heterocycles. The number of rotatable bonds is 0. The van der Waals surface area contributed by atoms with Crippen LogP contribution in [-0.2, 0) is 14.3 Å². The van der Waals surface area contributed by atoms with Crippen LogP contribution in [0.4, 0.5) is 0 Å². The lowest BCUT2D eigenvalue weighted by atomic mass is 9.80. The molecule has 3 heterocycles. The van der Waals surface area contributed by atoms with E-state index < -0.39 is 41.1 Å². The molecule has 0 aliphatic carbocycles. The lowest BCUT2D eigenvalue weighted by Gasteiger charge is -2.37. The minimum Gasteiger partial charge on any atom is -0.453 e. The summed E-state index contributed by atoms with van der Waals surface area (Å²) in [7, 11) is 0. The first-order valence-electron chi connectivity index (χ1n) is 9.65. The molecule has 0 aromatic rings. The van der Waals surface area contributed by atoms with E-state index in [0.29, 0.717) is 50.5 Å². The summed E-state index contributed by atoms with van der Waals surface area (Å²) in [5.41, 5.74) is -2.55. The first-order chi connectivity index (χ1) is 12.0. The van der Waals surface area contributed by atoms with Crippen molar-refractivity contribution in [2.75, 3.05) is 0 Å². The van der Waals surface area contributed by atoms with Crippen LogP contribution in [0.15, 0.2) is 12.2 Å². The molecular weight excluding hydrogens is 336 g/mol. The number of hydrogen-bond donors (Lipinski definition) is 3. The zero-order valence-corrected chi connectivity index (χ0v) is 16.0. The zero-order valence-electron chi connectivity index (χ0n) is 16.0. The van der Waals surface area contributed by atoms with Gasteiger partial charge in [0.25, 0.3) is 0 Å². The first-order valence-corrected chi connectivity index (χ1v) is 9.65. The fourth-order valence-electron chi connectivity index (χ4n) is 4.58. The van der Waals surface area contributed by atoms with Crippen LogP contribution in [0, 0.1) is 5.92 Å². The van der Waals surface area contributed by atoms with Crippen LogP contribution in [0.25, 0.3) is 0 Å². The molecule has 6 nitrogen and oxygen atoms in total. The van der Waals surface area contributed by atoms with Crippen molar-refractivity contribution in [2.24, 2.45) is 5.92 Å². The molecular formula is C20H32O6. The molecule has 3 rings (SSSR count). The normalized spacial score (nSPS) is 50.4. The van der Waals surface area contributed by atoms with Crippen LogP contribution >= 0.6 is 0 Å². The van der Waals surface area contributed by atoms with E-state index in [0.717, 1.165) is 0 Å². The van der Waals surface area contributed by atoms with Gasteiger partial charge in [0.05, 0.1) is 29.5 Å². The highest BCUT2D eigenvalue weighted by atomic mass is 16.6. The minimum atomic E-state index is -1.12. The average molecular weight is 368 g/mol. The molecule has 0 amide bonds. The third-order valence-corrected chi connectivity index (χ3v) is 6.92. The number of carbonyl (C=O) groups excluding carboxylic acids is 1. The molecule has 0 aromatic heterocycles. The van der Waals surface area contributed by atoms with Gasteiger partial charge in [-0.05, 0) is 71.6 Å². The number of esters is 1. The van der Waals surface area contributed by atoms with E-state index in [-0.39, 0.29) is 5.92 Å². The van der Waals surface area contributed by atoms with Gasteiger partial charge in [-0.1, -0.05) is 6.58 Å². The van der Waals surface area contributed by atoms with E-state index in [1.807, 2.05) is 6.92 Å². The topological polar surface area (TPSA) is 96.2 Å². The molecule has 0 radical (unpaired) electrons. The average Bonchev–Trinajstić information content (AvgIpc) is 2.95. The van der Waals surface area contributed by atoms with Gasteiger partial charge in [-0.25, -0.2) is 4.79 Å². The Morgan fingerprint density at radius 1 is 1.00 bits per heavy atom. The van der Waals surface area contributed by atoms with Crippen LogP contribution in [0.2, 0.25) is 0 Å². The SMILES string of the molecule is C=C1C(=O)O[C@]2(C)CC[C@@H]1C[C@H](O)[C@]1(C)CC[C@H](O1)[C@@](C)(O)CC[C@@H]2O. The van der Waals surface area contributed by atoms with Crippen LogP contribution in [0.3, 0.4) is 0 Å². The molecule has 148 valence electrons. The molecule has 0 aromatic carbocycles. The van der Waals surface area contributed by atoms with Crippen molar-refractivity contribution >= 4 is 5.97 Å². The van der Waals surface area contributed by atoms with Gasteiger partial charge in [-0.3, -0.25) is 0 Å². The summed E-state index contributed by atoms with van der Waals surface area (Å²) >= 11 is 0. The van der Waals surface area contributed by atoms with Crippen molar-refractivity contribution in [3.05, 3.63) is 12.2 Å². The van der Waals surface area contributed by atoms with Crippen LogP contribution < -0.4 is 0 Å². The highest BCUT2D eigenvalue weighted by molar-refractivity contribution is 5.89. The van der Waals surface area contributed by atoms with E-state index in [1.54, 1.807) is 13.8 Å². The molecule has 0 unspecified atom stereocenters. The van der Waals surface area contributed by atoms with E-state index in [4.69, 9.17) is 9.47 Å². The molecule has 3 aliphatic heterocycles. The summed E-state index contributed by atoms with van der Waals surface area (Å²) < 4.78 is 11.7. The molecule has 3 fully saturated rings. The summed E-state index contributed by atoms with van der Waals surface area (Å²) in [4.78, 5) is 12.5. The Morgan fingerprint density at radius 2 is 1.65 bits per heavy atom. The summed E-state index contributed by atoms with van der Waals surface area (Å²) in [6.07, 6.45) is 1.30. The number of carbonyl (C=O) groups is 1. The smallest absolute Gasteiger partial charge is 0.334 e. The maximum Gasteiger partial charge on any atom is 0.334 e. The Kier molecular flexibility index (Phi) is 5.02. The minimum absolute atomic E-state index is 0.215. The van der Waals surface area contributed by atoms with Gasteiger partial charge in [0.1, 0.15) is 5.60 Å². The fourth-order valence-corrected chi connectivity index (χ4v) is 4.58. The second-order valence-electron chi connectivity index (χ2n) is 9.08. The highest BCUT2D eigenvalue weighted by Gasteiger charge is 2.50. The lowest BCUT2D eigenvalue weighted by molar-refractivity contribution is -0.174. The van der Waals surface area contributed by atoms with Crippen molar-refractivity contribution in [1.82, 2.24) is 0 Å². The van der Waals surface area contributed by atoms with Gasteiger partial charge < -0.3 is 24.8 Å². The van der Waals surface area contributed by atoms with Gasteiger partial charge in [0.2, 0.25) is 0 Å². The zero-order chi connectivity index (χ0) is 19.3. The van der Waals surface area contributed by atoms with Crippen molar-refractivity contribution in [3.8, 4) is 0 Å². The first kappa shape index (κ1) is 19.8. The number of aliphatic hydroxyl groups excluding tert-OH is 2. The molecule has 0 saturated carbocycles. The lowest BCUT2D eigenvalue weighted by Crippen LogP contribution is -2.47. The Balaban J connectivity index is 1.95. The number of ether oxygens (including phenoxy) is 2. The van der Waals surface area contributed by atoms with Gasteiger partial charge in [0.15, 0.2) is 0 Å². The Hall–Kier alpha value is -0.950. The predicted molar refractivity (Wildman–Crippen MR) is 95.4 cm³/mol. The van der Waals surface area contributed by atoms with E-state index in [9.17, 15) is 20.1 Å². The maximum atomic E-state index is 12.5. The van der Waals surface area contributed by atoms with E-state index in [2.05, 4.69) is 6.58 Å². The third-order valence-electron chi connectivity index (χ3n) is 6.92. The third kappa shape index (κ3) is 3.44. The number of hydrogen-bond acceptors (Lipinski definition) is 6. The van der Waals surface area contributed by atoms with Crippen molar-refractivity contribution in [2.45, 2.75) is 101 Å². The van der Waals surface area contributed by atoms with Crippen LogP contribution in [0.5, 0.6) is 0 Å². The second kappa shape index (κ2) is 6.59. The van der Waals surface area contributed by atoms with Crippen molar-refractivity contribution in [3.63, 3.8) is 0 Å². The molecule has 4 bridgehead atoms. The van der Waals surface area contributed by atoms with Gasteiger partial charge in [0, 0.05) is 5.57 Å². The Labute approximate surface area is 155 Å². The van der Waals surface area contributed by atoms with Gasteiger partial charge >= 0.3 is 5.97 Å². The van der Waals surface area contributed by atoms with Crippen LogP contribution in [0.1, 0.15) is 65.7 Å². The summed E-state index contributed by atoms with van der Waals surface area (Å²) in [5.74, 6) is -0.729. The van der Waals surface area contributed by atoms with Crippen LogP contribution in [-0.4, -0.2) is 56.4 Å². The summed E-state index contributed by atoms with van der Waals surface area (Å²) in [6, 6.07) is 0. The number of fused-ring (bicyclic) bond motifs is 5. The summed E-state index contributed by atoms with van der Waals surface area (Å²) in [5, 5.41) is 32.5. The predicted octanol–water partition coefficient (Wildman–Crippen LogP) is 1.85. The number of aliphatic hydroxyl groups is 3. The van der Waals surface area contributed by atoms with Crippen molar-refractivity contribution in [1.29, 1.82) is 0 Å². The van der Waals surface area contributed by atoms with E-state index >= 15 is 0 Å². The molecule has 3 aliphatic rings. The fraction of sp³-hybridized carbons (Fsp3) is 0.850. The quantitative estimate of drug-likeness (QED) is 0.446. The van der Waals surface area contributed by atoms with Crippen molar-refractivity contribution < 1.29 is 29.6 Å².